The minimum absolute atomic E-state index is 0.0441. The molecule has 3 rings (SSSR count). The molecule has 0 radical (unpaired) electrons. The Bertz CT molecular complexity index is 744. The Hall–Kier alpha value is -2.43. The second-order valence-corrected chi connectivity index (χ2v) is 5.28. The molecule has 1 fully saturated rings. The van der Waals surface area contributed by atoms with Crippen LogP contribution in [0, 0.1) is 5.82 Å². The first-order chi connectivity index (χ1) is 10.0. The lowest BCUT2D eigenvalue weighted by Gasteiger charge is -2.05. The van der Waals surface area contributed by atoms with Gasteiger partial charge in [0.15, 0.2) is 0 Å². The minimum Gasteiger partial charge on any atom is -0.477 e. The van der Waals surface area contributed by atoms with Crippen molar-refractivity contribution < 1.29 is 19.1 Å². The predicted molar refractivity (Wildman–Crippen MR) is 74.2 cm³/mol. The maximum atomic E-state index is 13.7. The molecule has 0 atom stereocenters. The molecular formula is C16H14FNO3. The van der Waals surface area contributed by atoms with E-state index in [1.54, 1.807) is 12.1 Å². The molecule has 1 aliphatic rings. The van der Waals surface area contributed by atoms with Gasteiger partial charge in [-0.3, -0.25) is 4.79 Å². The molecule has 2 aromatic rings. The van der Waals surface area contributed by atoms with Crippen molar-refractivity contribution in [3.05, 3.63) is 58.7 Å². The van der Waals surface area contributed by atoms with Crippen molar-refractivity contribution in [3.63, 3.8) is 0 Å². The Kier molecular flexibility index (Phi) is 3.12. The molecule has 1 saturated carbocycles. The number of carboxylic acid groups (broad SMARTS) is 1. The monoisotopic (exact) mass is 287 g/mol. The van der Waals surface area contributed by atoms with Crippen LogP contribution in [0.3, 0.4) is 0 Å². The van der Waals surface area contributed by atoms with Crippen LogP contribution < -0.4 is 0 Å². The van der Waals surface area contributed by atoms with Gasteiger partial charge in [-0.15, -0.1) is 0 Å². The van der Waals surface area contributed by atoms with Crippen LogP contribution in [0.1, 0.15) is 50.9 Å². The smallest absolute Gasteiger partial charge is 0.352 e. The molecule has 1 aromatic carbocycles. The van der Waals surface area contributed by atoms with E-state index in [1.807, 2.05) is 0 Å². The Morgan fingerprint density at radius 1 is 1.29 bits per heavy atom. The first kappa shape index (κ1) is 13.5. The molecular weight excluding hydrogens is 273 g/mol. The zero-order valence-corrected chi connectivity index (χ0v) is 11.5. The largest absolute Gasteiger partial charge is 0.477 e. The maximum Gasteiger partial charge on any atom is 0.352 e. The van der Waals surface area contributed by atoms with Gasteiger partial charge in [0, 0.05) is 7.05 Å². The van der Waals surface area contributed by atoms with E-state index in [2.05, 4.69) is 0 Å². The molecule has 108 valence electrons. The summed E-state index contributed by atoms with van der Waals surface area (Å²) in [5.74, 6) is -1.96. The molecule has 0 saturated heterocycles. The molecule has 1 N–H and O–H groups in total. The number of halogens is 1. The van der Waals surface area contributed by atoms with Crippen LogP contribution in [0.4, 0.5) is 4.39 Å². The van der Waals surface area contributed by atoms with Crippen LogP contribution in [0.2, 0.25) is 0 Å². The molecule has 1 aromatic heterocycles. The van der Waals surface area contributed by atoms with Gasteiger partial charge in [0.2, 0.25) is 5.78 Å². The van der Waals surface area contributed by atoms with E-state index in [1.165, 1.54) is 29.8 Å². The van der Waals surface area contributed by atoms with E-state index in [9.17, 15) is 19.1 Å². The highest BCUT2D eigenvalue weighted by Gasteiger charge is 2.33. The minimum atomic E-state index is -1.06. The van der Waals surface area contributed by atoms with Gasteiger partial charge in [-0.25, -0.2) is 9.18 Å². The molecule has 0 spiro atoms. The fraction of sp³-hybridized carbons (Fsp3) is 0.250. The number of aromatic nitrogens is 1. The standard InChI is InChI=1S/C16H14FNO3/c1-18-13(15(19)10-4-2-3-5-12(10)17)8-11(9-6-7-9)14(18)16(20)21/h2-5,8-9H,6-7H2,1H3,(H,20,21). The summed E-state index contributed by atoms with van der Waals surface area (Å²) >= 11 is 0. The maximum absolute atomic E-state index is 13.7. The first-order valence-electron chi connectivity index (χ1n) is 6.73. The van der Waals surface area contributed by atoms with Crippen LogP contribution >= 0.6 is 0 Å². The molecule has 1 heterocycles. The SMILES string of the molecule is Cn1c(C(=O)c2ccccc2F)cc(C2CC2)c1C(=O)O. The van der Waals surface area contributed by atoms with E-state index in [4.69, 9.17) is 0 Å². The van der Waals surface area contributed by atoms with E-state index in [0.717, 1.165) is 12.8 Å². The molecule has 4 nitrogen and oxygen atoms in total. The molecule has 21 heavy (non-hydrogen) atoms. The van der Waals surface area contributed by atoms with Gasteiger partial charge in [0.1, 0.15) is 11.5 Å². The van der Waals surface area contributed by atoms with Crippen molar-refractivity contribution in [2.24, 2.45) is 7.05 Å². The summed E-state index contributed by atoms with van der Waals surface area (Å²) in [6.45, 7) is 0. The van der Waals surface area contributed by atoms with E-state index in [-0.39, 0.29) is 22.9 Å². The van der Waals surface area contributed by atoms with Crippen molar-refractivity contribution in [3.8, 4) is 0 Å². The summed E-state index contributed by atoms with van der Waals surface area (Å²) in [6, 6.07) is 7.31. The fourth-order valence-electron chi connectivity index (χ4n) is 2.60. The highest BCUT2D eigenvalue weighted by Crippen LogP contribution is 2.43. The third-order valence-electron chi connectivity index (χ3n) is 3.83. The molecule has 0 unspecified atom stereocenters. The third kappa shape index (κ3) is 2.24. The predicted octanol–water partition coefficient (Wildman–Crippen LogP) is 2.97. The van der Waals surface area contributed by atoms with E-state index < -0.39 is 17.6 Å². The van der Waals surface area contributed by atoms with E-state index >= 15 is 0 Å². The zero-order chi connectivity index (χ0) is 15.1. The fourth-order valence-corrected chi connectivity index (χ4v) is 2.60. The van der Waals surface area contributed by atoms with Crippen molar-refractivity contribution >= 4 is 11.8 Å². The van der Waals surface area contributed by atoms with Crippen molar-refractivity contribution in [2.45, 2.75) is 18.8 Å². The van der Waals surface area contributed by atoms with Crippen LogP contribution in [0.5, 0.6) is 0 Å². The number of rotatable bonds is 4. The Labute approximate surface area is 120 Å². The number of hydrogen-bond acceptors (Lipinski definition) is 2. The Morgan fingerprint density at radius 3 is 2.52 bits per heavy atom. The second kappa shape index (κ2) is 4.84. The van der Waals surface area contributed by atoms with Gasteiger partial charge in [-0.1, -0.05) is 12.1 Å². The summed E-state index contributed by atoms with van der Waals surface area (Å²) in [5, 5.41) is 9.34. The Balaban J connectivity index is 2.11. The summed E-state index contributed by atoms with van der Waals surface area (Å²) in [5.41, 5.74) is 0.957. The first-order valence-corrected chi connectivity index (χ1v) is 6.73. The third-order valence-corrected chi connectivity index (χ3v) is 3.83. The van der Waals surface area contributed by atoms with Gasteiger partial charge in [-0.05, 0) is 42.5 Å². The number of carbonyl (C=O) groups is 2. The number of carboxylic acids is 1. The van der Waals surface area contributed by atoms with Crippen LogP contribution in [0.15, 0.2) is 30.3 Å². The van der Waals surface area contributed by atoms with Gasteiger partial charge in [0.05, 0.1) is 11.3 Å². The molecule has 5 heteroatoms. The van der Waals surface area contributed by atoms with Crippen molar-refractivity contribution in [1.82, 2.24) is 4.57 Å². The summed E-state index contributed by atoms with van der Waals surface area (Å²) in [6.07, 6.45) is 1.86. The lowest BCUT2D eigenvalue weighted by molar-refractivity contribution is 0.0685. The number of aromatic carboxylic acids is 1. The quantitative estimate of drug-likeness (QED) is 0.879. The van der Waals surface area contributed by atoms with Gasteiger partial charge in [0.25, 0.3) is 0 Å². The summed E-state index contributed by atoms with van der Waals surface area (Å²) in [7, 11) is 1.53. The van der Waals surface area contributed by atoms with Crippen LogP contribution in [-0.4, -0.2) is 21.4 Å². The molecule has 1 aliphatic carbocycles. The number of benzene rings is 1. The highest BCUT2D eigenvalue weighted by molar-refractivity contribution is 6.09. The summed E-state index contributed by atoms with van der Waals surface area (Å²) < 4.78 is 15.1. The lowest BCUT2D eigenvalue weighted by Crippen LogP contribution is -2.13. The topological polar surface area (TPSA) is 59.3 Å². The van der Waals surface area contributed by atoms with E-state index in [0.29, 0.717) is 5.56 Å². The average Bonchev–Trinajstić information content (AvgIpc) is 3.22. The van der Waals surface area contributed by atoms with Crippen molar-refractivity contribution in [2.75, 3.05) is 0 Å². The molecule has 0 aliphatic heterocycles. The average molecular weight is 287 g/mol. The number of hydrogen-bond donors (Lipinski definition) is 1. The van der Waals surface area contributed by atoms with Gasteiger partial charge >= 0.3 is 5.97 Å². The zero-order valence-electron chi connectivity index (χ0n) is 11.5. The number of ketones is 1. The highest BCUT2D eigenvalue weighted by atomic mass is 19.1. The van der Waals surface area contributed by atoms with Crippen LogP contribution in [0.25, 0.3) is 0 Å². The number of carbonyl (C=O) groups excluding carboxylic acids is 1. The summed E-state index contributed by atoms with van der Waals surface area (Å²) in [4.78, 5) is 23.9. The van der Waals surface area contributed by atoms with Gasteiger partial charge < -0.3 is 9.67 Å². The molecule has 0 bridgehead atoms. The lowest BCUT2D eigenvalue weighted by atomic mass is 10.1. The Morgan fingerprint density at radius 2 is 1.95 bits per heavy atom. The van der Waals surface area contributed by atoms with Crippen LogP contribution in [-0.2, 0) is 7.05 Å². The second-order valence-electron chi connectivity index (χ2n) is 5.28. The normalized spacial score (nSPS) is 14.2. The van der Waals surface area contributed by atoms with Crippen molar-refractivity contribution in [1.29, 1.82) is 0 Å². The van der Waals surface area contributed by atoms with Gasteiger partial charge in [-0.2, -0.15) is 0 Å². The number of nitrogens with zero attached hydrogens (tertiary/aromatic N) is 1. The molecule has 0 amide bonds.